The van der Waals surface area contributed by atoms with Crippen molar-refractivity contribution in [2.45, 2.75) is 6.42 Å². The van der Waals surface area contributed by atoms with Gasteiger partial charge in [-0.25, -0.2) is 4.79 Å². The Balaban J connectivity index is 2.09. The summed E-state index contributed by atoms with van der Waals surface area (Å²) in [4.78, 5) is 34.9. The molecule has 0 unspecified atom stereocenters. The van der Waals surface area contributed by atoms with Gasteiger partial charge in [-0.3, -0.25) is 9.69 Å². The van der Waals surface area contributed by atoms with Crippen molar-refractivity contribution in [3.63, 3.8) is 0 Å². The number of para-hydroxylation sites is 2. The number of carboxylic acids is 1. The molecule has 7 heteroatoms. The lowest BCUT2D eigenvalue weighted by atomic mass is 10.2. The third-order valence-corrected chi connectivity index (χ3v) is 2.62. The highest BCUT2D eigenvalue weighted by Gasteiger charge is 2.26. The molecule has 2 N–H and O–H groups in total. The van der Waals surface area contributed by atoms with Gasteiger partial charge in [-0.1, -0.05) is 12.1 Å². The molecule has 3 amide bonds. The smallest absolute Gasteiger partial charge is 0.322 e. The monoisotopic (exact) mass is 262 g/mol. The van der Waals surface area contributed by atoms with Crippen LogP contribution in [0.1, 0.15) is 6.42 Å². The molecule has 0 radical (unpaired) electrons. The minimum Gasteiger partial charge on any atom is -0.550 e. The molecule has 19 heavy (non-hydrogen) atoms. The molecule has 0 aromatic heterocycles. The highest BCUT2D eigenvalue weighted by atomic mass is 16.4. The van der Waals surface area contributed by atoms with Crippen molar-refractivity contribution < 1.29 is 19.5 Å². The molecule has 1 aromatic rings. The number of carbonyl (C=O) groups excluding carboxylic acids is 3. The summed E-state index contributed by atoms with van der Waals surface area (Å²) in [6, 6.07) is 6.37. The number of amides is 3. The zero-order valence-corrected chi connectivity index (χ0v) is 10.0. The molecular formula is C12H12N3O4-. The first-order valence-corrected chi connectivity index (χ1v) is 5.72. The summed E-state index contributed by atoms with van der Waals surface area (Å²) >= 11 is 0. The fourth-order valence-electron chi connectivity index (χ4n) is 1.78. The maximum atomic E-state index is 11.9. The summed E-state index contributed by atoms with van der Waals surface area (Å²) in [6.07, 6.45) is -0.270. The van der Waals surface area contributed by atoms with Crippen molar-refractivity contribution in [2.24, 2.45) is 0 Å². The Hall–Kier alpha value is -2.57. The molecule has 1 aliphatic rings. The quantitative estimate of drug-likeness (QED) is 0.751. The summed E-state index contributed by atoms with van der Waals surface area (Å²) in [5.41, 5.74) is 1.13. The molecule has 0 fully saturated rings. The molecule has 0 spiro atoms. The van der Waals surface area contributed by atoms with Gasteiger partial charge < -0.3 is 20.5 Å². The van der Waals surface area contributed by atoms with Crippen LogP contribution in [0.25, 0.3) is 0 Å². The van der Waals surface area contributed by atoms with Crippen molar-refractivity contribution in [1.29, 1.82) is 0 Å². The van der Waals surface area contributed by atoms with Gasteiger partial charge in [-0.05, 0) is 12.1 Å². The second-order valence-electron chi connectivity index (χ2n) is 4.01. The Morgan fingerprint density at radius 2 is 2.11 bits per heavy atom. The van der Waals surface area contributed by atoms with E-state index in [0.717, 1.165) is 0 Å². The topological polar surface area (TPSA) is 102 Å². The van der Waals surface area contributed by atoms with Gasteiger partial charge >= 0.3 is 6.03 Å². The predicted molar refractivity (Wildman–Crippen MR) is 65.4 cm³/mol. The number of nitrogens with one attached hydrogen (secondary N) is 2. The molecule has 2 rings (SSSR count). The molecular weight excluding hydrogens is 250 g/mol. The molecule has 7 nitrogen and oxygen atoms in total. The maximum Gasteiger partial charge on any atom is 0.322 e. The number of carbonyl (C=O) groups is 3. The van der Waals surface area contributed by atoms with Gasteiger partial charge in [-0.2, -0.15) is 0 Å². The van der Waals surface area contributed by atoms with Crippen molar-refractivity contribution >= 4 is 29.3 Å². The number of carboxylic acid groups (broad SMARTS) is 1. The van der Waals surface area contributed by atoms with Gasteiger partial charge in [0, 0.05) is 18.9 Å². The maximum absolute atomic E-state index is 11.9. The van der Waals surface area contributed by atoms with Crippen molar-refractivity contribution in [3.8, 4) is 0 Å². The molecule has 0 aliphatic carbocycles. The number of urea groups is 1. The van der Waals surface area contributed by atoms with Crippen LogP contribution in [0.2, 0.25) is 0 Å². The summed E-state index contributed by atoms with van der Waals surface area (Å²) in [6.45, 7) is -0.143. The Morgan fingerprint density at radius 3 is 2.84 bits per heavy atom. The van der Waals surface area contributed by atoms with Crippen LogP contribution in [0.5, 0.6) is 0 Å². The number of hydrogen-bond donors (Lipinski definition) is 2. The van der Waals surface area contributed by atoms with Crippen LogP contribution in [0.4, 0.5) is 16.2 Å². The normalized spacial score (nSPS) is 13.5. The van der Waals surface area contributed by atoms with Crippen LogP contribution < -0.4 is 20.6 Å². The molecule has 100 valence electrons. The number of rotatable bonds is 3. The lowest BCUT2D eigenvalue weighted by Crippen LogP contribution is -2.47. The lowest BCUT2D eigenvalue weighted by molar-refractivity contribution is -0.305. The number of anilines is 2. The summed E-state index contributed by atoms with van der Waals surface area (Å²) in [7, 11) is 0. The zero-order chi connectivity index (χ0) is 13.8. The van der Waals surface area contributed by atoms with E-state index in [2.05, 4.69) is 10.6 Å². The van der Waals surface area contributed by atoms with Gasteiger partial charge in [0.05, 0.1) is 11.4 Å². The number of hydrogen-bond acceptors (Lipinski definition) is 4. The van der Waals surface area contributed by atoms with E-state index in [1.807, 2.05) is 0 Å². The fourth-order valence-corrected chi connectivity index (χ4v) is 1.78. The summed E-state index contributed by atoms with van der Waals surface area (Å²) < 4.78 is 0. The van der Waals surface area contributed by atoms with Crippen LogP contribution in [-0.2, 0) is 9.59 Å². The second-order valence-corrected chi connectivity index (χ2v) is 4.01. The van der Waals surface area contributed by atoms with Gasteiger partial charge in [-0.15, -0.1) is 0 Å². The van der Waals surface area contributed by atoms with E-state index < -0.39 is 12.0 Å². The Labute approximate surface area is 109 Å². The average molecular weight is 262 g/mol. The highest BCUT2D eigenvalue weighted by molar-refractivity contribution is 6.09. The minimum absolute atomic E-state index is 0.0402. The van der Waals surface area contributed by atoms with E-state index in [1.165, 1.54) is 4.90 Å². The van der Waals surface area contributed by atoms with E-state index in [9.17, 15) is 19.5 Å². The number of benzene rings is 1. The number of nitrogens with zero attached hydrogens (tertiary/aromatic N) is 1. The lowest BCUT2D eigenvalue weighted by Gasteiger charge is -2.29. The van der Waals surface area contributed by atoms with Gasteiger partial charge in [0.15, 0.2) is 0 Å². The third kappa shape index (κ3) is 3.01. The van der Waals surface area contributed by atoms with Crippen LogP contribution in [0, 0.1) is 0 Å². The molecule has 1 aliphatic heterocycles. The zero-order valence-electron chi connectivity index (χ0n) is 10.0. The van der Waals surface area contributed by atoms with E-state index in [-0.39, 0.29) is 25.4 Å². The van der Waals surface area contributed by atoms with E-state index >= 15 is 0 Å². The van der Waals surface area contributed by atoms with Gasteiger partial charge in [0.2, 0.25) is 5.91 Å². The van der Waals surface area contributed by atoms with Crippen molar-refractivity contribution in [3.05, 3.63) is 24.3 Å². The molecule has 1 heterocycles. The molecule has 1 aromatic carbocycles. The molecule has 0 atom stereocenters. The molecule has 0 saturated carbocycles. The number of fused-ring (bicyclic) bond motifs is 1. The second kappa shape index (κ2) is 5.38. The van der Waals surface area contributed by atoms with E-state index in [1.54, 1.807) is 24.3 Å². The standard InChI is InChI=1S/C12H13N3O4/c16-10-7-15(12(19)13-6-5-11(17)18)9-4-2-1-3-8(9)14-10/h1-4H,5-7H2,(H,13,19)(H,14,16)(H,17,18)/p-1. The molecule has 0 saturated heterocycles. The minimum atomic E-state index is -1.24. The Bertz CT molecular complexity index is 529. The van der Waals surface area contributed by atoms with Gasteiger partial charge in [0.25, 0.3) is 0 Å². The summed E-state index contributed by atoms with van der Waals surface area (Å²) in [5.74, 6) is -1.54. The Morgan fingerprint density at radius 1 is 1.37 bits per heavy atom. The van der Waals surface area contributed by atoms with E-state index in [0.29, 0.717) is 11.4 Å². The first kappa shape index (κ1) is 12.9. The van der Waals surface area contributed by atoms with Crippen LogP contribution >= 0.6 is 0 Å². The number of aliphatic carboxylic acids is 1. The highest BCUT2D eigenvalue weighted by Crippen LogP contribution is 2.28. The SMILES string of the molecule is O=C([O-])CCNC(=O)N1CC(=O)Nc2ccccc21. The van der Waals surface area contributed by atoms with Crippen LogP contribution in [-0.4, -0.2) is 31.0 Å². The third-order valence-electron chi connectivity index (χ3n) is 2.62. The Kier molecular flexibility index (Phi) is 3.65. The summed E-state index contributed by atoms with van der Waals surface area (Å²) in [5, 5.41) is 15.4. The van der Waals surface area contributed by atoms with Crippen molar-refractivity contribution in [2.75, 3.05) is 23.3 Å². The predicted octanol–water partition coefficient (Wildman–Crippen LogP) is -0.705. The fraction of sp³-hybridized carbons (Fsp3) is 0.250. The first-order chi connectivity index (χ1) is 9.08. The van der Waals surface area contributed by atoms with Crippen LogP contribution in [0.3, 0.4) is 0 Å². The van der Waals surface area contributed by atoms with Gasteiger partial charge in [0.1, 0.15) is 6.54 Å². The van der Waals surface area contributed by atoms with E-state index in [4.69, 9.17) is 0 Å². The van der Waals surface area contributed by atoms with Crippen LogP contribution in [0.15, 0.2) is 24.3 Å². The first-order valence-electron chi connectivity index (χ1n) is 5.72. The average Bonchev–Trinajstić information content (AvgIpc) is 2.37. The van der Waals surface area contributed by atoms with Crippen molar-refractivity contribution in [1.82, 2.24) is 5.32 Å². The largest absolute Gasteiger partial charge is 0.550 e. The molecule has 0 bridgehead atoms.